The Kier molecular flexibility index (Phi) is 2.77. The fraction of sp³-hybridized carbons (Fsp3) is 1.00. The summed E-state index contributed by atoms with van der Waals surface area (Å²) in [6.45, 7) is 9.13. The van der Waals surface area contributed by atoms with Gasteiger partial charge in [0.1, 0.15) is 0 Å². The summed E-state index contributed by atoms with van der Waals surface area (Å²) in [6.07, 6.45) is 4.43. The van der Waals surface area contributed by atoms with Crippen LogP contribution in [-0.2, 0) is 0 Å². The van der Waals surface area contributed by atoms with Crippen molar-refractivity contribution in [2.75, 3.05) is 26.2 Å². The fourth-order valence-electron chi connectivity index (χ4n) is 4.32. The summed E-state index contributed by atoms with van der Waals surface area (Å²) in [6, 6.07) is 0. The van der Waals surface area contributed by atoms with Gasteiger partial charge in [0.15, 0.2) is 0 Å². The number of hydrogen-bond donors (Lipinski definition) is 2. The maximum absolute atomic E-state index is 10.6. The molecular weight excluding hydrogens is 212 g/mol. The molecule has 3 fully saturated rings. The smallest absolute Gasteiger partial charge is 0.0774 e. The van der Waals surface area contributed by atoms with Crippen LogP contribution in [-0.4, -0.2) is 47.3 Å². The van der Waals surface area contributed by atoms with Crippen LogP contribution in [0, 0.1) is 11.8 Å². The number of hydrogen-bond acceptors (Lipinski definition) is 3. The summed E-state index contributed by atoms with van der Waals surface area (Å²) < 4.78 is 0. The Bertz CT molecular complexity index is 297. The second-order valence-corrected chi connectivity index (χ2v) is 6.99. The van der Waals surface area contributed by atoms with Crippen LogP contribution in [0.15, 0.2) is 0 Å². The summed E-state index contributed by atoms with van der Waals surface area (Å²) in [5.74, 6) is 1.57. The summed E-state index contributed by atoms with van der Waals surface area (Å²) >= 11 is 0. The molecule has 3 rings (SSSR count). The molecule has 2 N–H and O–H groups in total. The van der Waals surface area contributed by atoms with Crippen molar-refractivity contribution in [3.05, 3.63) is 0 Å². The summed E-state index contributed by atoms with van der Waals surface area (Å²) in [5.41, 5.74) is -0.129. The van der Waals surface area contributed by atoms with E-state index in [0.717, 1.165) is 37.8 Å². The number of nitrogens with zero attached hydrogens (tertiary/aromatic N) is 1. The first kappa shape index (κ1) is 11.9. The van der Waals surface area contributed by atoms with E-state index in [4.69, 9.17) is 0 Å². The van der Waals surface area contributed by atoms with Gasteiger partial charge in [0.25, 0.3) is 0 Å². The van der Waals surface area contributed by atoms with E-state index in [-0.39, 0.29) is 11.1 Å². The molecule has 2 atom stereocenters. The van der Waals surface area contributed by atoms with Gasteiger partial charge in [-0.15, -0.1) is 0 Å². The summed E-state index contributed by atoms with van der Waals surface area (Å²) in [7, 11) is 0. The predicted octanol–water partition coefficient (Wildman–Crippen LogP) is 1.22. The van der Waals surface area contributed by atoms with Crippen molar-refractivity contribution in [2.45, 2.75) is 50.7 Å². The monoisotopic (exact) mass is 238 g/mol. The van der Waals surface area contributed by atoms with E-state index in [0.29, 0.717) is 0 Å². The van der Waals surface area contributed by atoms with Gasteiger partial charge in [-0.1, -0.05) is 12.8 Å². The van der Waals surface area contributed by atoms with Crippen LogP contribution in [0.3, 0.4) is 0 Å². The van der Waals surface area contributed by atoms with Crippen LogP contribution >= 0.6 is 0 Å². The van der Waals surface area contributed by atoms with E-state index >= 15 is 0 Å². The van der Waals surface area contributed by atoms with Gasteiger partial charge in [0.2, 0.25) is 0 Å². The lowest BCUT2D eigenvalue weighted by Gasteiger charge is -2.39. The quantitative estimate of drug-likeness (QED) is 0.759. The number of aliphatic hydroxyl groups is 1. The number of nitrogens with one attached hydrogen (secondary N) is 1. The Morgan fingerprint density at radius 3 is 2.59 bits per heavy atom. The van der Waals surface area contributed by atoms with Gasteiger partial charge in [-0.25, -0.2) is 0 Å². The minimum Gasteiger partial charge on any atom is -0.389 e. The molecule has 1 saturated carbocycles. The van der Waals surface area contributed by atoms with Crippen molar-refractivity contribution in [2.24, 2.45) is 11.8 Å². The third-order valence-electron chi connectivity index (χ3n) is 5.54. The lowest BCUT2D eigenvalue weighted by molar-refractivity contribution is -0.0137. The molecule has 2 saturated heterocycles. The molecule has 3 heteroatoms. The first-order chi connectivity index (χ1) is 8.01. The topological polar surface area (TPSA) is 35.5 Å². The van der Waals surface area contributed by atoms with E-state index in [9.17, 15) is 5.11 Å². The van der Waals surface area contributed by atoms with Crippen molar-refractivity contribution >= 4 is 0 Å². The molecular formula is C14H26N2O. The average Bonchev–Trinajstić information content (AvgIpc) is 2.90. The molecule has 98 valence electrons. The van der Waals surface area contributed by atoms with Crippen molar-refractivity contribution < 1.29 is 5.11 Å². The number of likely N-dealkylation sites (tertiary alicyclic amines) is 1. The molecule has 0 radical (unpaired) electrons. The Hall–Kier alpha value is -0.120. The van der Waals surface area contributed by atoms with E-state index in [2.05, 4.69) is 24.1 Å². The zero-order chi connectivity index (χ0) is 12.1. The number of rotatable bonds is 2. The van der Waals surface area contributed by atoms with Crippen LogP contribution in [0.2, 0.25) is 0 Å². The van der Waals surface area contributed by atoms with Gasteiger partial charge in [-0.05, 0) is 45.1 Å². The molecule has 0 aromatic rings. The van der Waals surface area contributed by atoms with Gasteiger partial charge in [0.05, 0.1) is 5.60 Å². The second kappa shape index (κ2) is 3.94. The molecule has 3 aliphatic rings. The van der Waals surface area contributed by atoms with Gasteiger partial charge in [0, 0.05) is 25.2 Å². The zero-order valence-corrected chi connectivity index (χ0v) is 11.2. The van der Waals surface area contributed by atoms with Gasteiger partial charge in [-0.3, -0.25) is 4.90 Å². The van der Waals surface area contributed by atoms with Gasteiger partial charge < -0.3 is 10.4 Å². The largest absolute Gasteiger partial charge is 0.389 e. The molecule has 0 bridgehead atoms. The Morgan fingerprint density at radius 2 is 1.94 bits per heavy atom. The highest BCUT2D eigenvalue weighted by Gasteiger charge is 2.51. The minimum atomic E-state index is -0.386. The first-order valence-corrected chi connectivity index (χ1v) is 7.19. The lowest BCUT2D eigenvalue weighted by atomic mass is 9.84. The normalized spacial score (nSPS) is 39.7. The maximum Gasteiger partial charge on any atom is 0.0774 e. The Balaban J connectivity index is 1.72. The fourth-order valence-corrected chi connectivity index (χ4v) is 4.32. The van der Waals surface area contributed by atoms with Gasteiger partial charge in [-0.2, -0.15) is 0 Å². The standard InChI is InChI=1S/C14H26N2O/c1-13(2)12-8-15-7-11(12)9-16(13)10-14(17)5-3-4-6-14/h11-12,15,17H,3-10H2,1-2H3. The minimum absolute atomic E-state index is 0.256. The zero-order valence-electron chi connectivity index (χ0n) is 11.2. The highest BCUT2D eigenvalue weighted by molar-refractivity contribution is 5.06. The van der Waals surface area contributed by atoms with Crippen molar-refractivity contribution in [1.29, 1.82) is 0 Å². The molecule has 0 aromatic carbocycles. The second-order valence-electron chi connectivity index (χ2n) is 6.99. The number of fused-ring (bicyclic) bond motifs is 1. The third kappa shape index (κ3) is 1.92. The molecule has 0 aromatic heterocycles. The van der Waals surface area contributed by atoms with Crippen LogP contribution in [0.4, 0.5) is 0 Å². The van der Waals surface area contributed by atoms with Gasteiger partial charge >= 0.3 is 0 Å². The SMILES string of the molecule is CC1(C)C2CNCC2CN1CC1(O)CCCC1. The van der Waals surface area contributed by atoms with Crippen LogP contribution in [0.5, 0.6) is 0 Å². The predicted molar refractivity (Wildman–Crippen MR) is 68.9 cm³/mol. The van der Waals surface area contributed by atoms with E-state index in [1.54, 1.807) is 0 Å². The average molecular weight is 238 g/mol. The Labute approximate surface area is 105 Å². The molecule has 0 amide bonds. The van der Waals surface area contributed by atoms with Crippen LogP contribution in [0.25, 0.3) is 0 Å². The molecule has 2 heterocycles. The molecule has 2 aliphatic heterocycles. The van der Waals surface area contributed by atoms with E-state index in [1.807, 2.05) is 0 Å². The van der Waals surface area contributed by atoms with E-state index in [1.165, 1.54) is 25.9 Å². The highest BCUT2D eigenvalue weighted by Crippen LogP contribution is 2.42. The van der Waals surface area contributed by atoms with Crippen molar-refractivity contribution in [3.63, 3.8) is 0 Å². The molecule has 1 aliphatic carbocycles. The lowest BCUT2D eigenvalue weighted by Crippen LogP contribution is -2.50. The van der Waals surface area contributed by atoms with Crippen LogP contribution < -0.4 is 5.32 Å². The number of β-amino-alcohol motifs (C(OH)–C–C–N with tert-alkyl or cyclic N) is 1. The third-order valence-corrected chi connectivity index (χ3v) is 5.54. The highest BCUT2D eigenvalue weighted by atomic mass is 16.3. The summed E-state index contributed by atoms with van der Waals surface area (Å²) in [4.78, 5) is 2.56. The van der Waals surface area contributed by atoms with Crippen LogP contribution in [0.1, 0.15) is 39.5 Å². The van der Waals surface area contributed by atoms with E-state index < -0.39 is 0 Å². The Morgan fingerprint density at radius 1 is 1.24 bits per heavy atom. The first-order valence-electron chi connectivity index (χ1n) is 7.19. The van der Waals surface area contributed by atoms with Crippen molar-refractivity contribution in [3.8, 4) is 0 Å². The maximum atomic E-state index is 10.6. The molecule has 2 unspecified atom stereocenters. The molecule has 3 nitrogen and oxygen atoms in total. The summed E-state index contributed by atoms with van der Waals surface area (Å²) in [5, 5.41) is 14.1. The van der Waals surface area contributed by atoms with Crippen molar-refractivity contribution in [1.82, 2.24) is 10.2 Å². The molecule has 17 heavy (non-hydrogen) atoms. The molecule has 0 spiro atoms.